The molecule has 124 valence electrons. The van der Waals surface area contributed by atoms with Gasteiger partial charge in [-0.25, -0.2) is 0 Å². The van der Waals surface area contributed by atoms with Crippen molar-refractivity contribution in [3.05, 3.63) is 0 Å². The minimum atomic E-state index is -0.816. The molecule has 21 heavy (non-hydrogen) atoms. The monoisotopic (exact) mass is 301 g/mol. The molecule has 0 amide bonds. The van der Waals surface area contributed by atoms with E-state index < -0.39 is 11.5 Å². The van der Waals surface area contributed by atoms with Crippen LogP contribution in [0.15, 0.2) is 0 Å². The summed E-state index contributed by atoms with van der Waals surface area (Å²) in [7, 11) is 0. The van der Waals surface area contributed by atoms with E-state index in [2.05, 4.69) is 5.32 Å². The third-order valence-corrected chi connectivity index (χ3v) is 3.80. The number of carboxylic acids is 1. The van der Waals surface area contributed by atoms with Gasteiger partial charge in [-0.2, -0.15) is 0 Å². The number of carbonyl (C=O) groups is 1. The van der Waals surface area contributed by atoms with Gasteiger partial charge in [0, 0.05) is 6.42 Å². The molecule has 2 N–H and O–H groups in total. The molecule has 1 aliphatic carbocycles. The third-order valence-electron chi connectivity index (χ3n) is 3.80. The zero-order valence-electron chi connectivity index (χ0n) is 13.9. The van der Waals surface area contributed by atoms with Gasteiger partial charge < -0.3 is 19.9 Å². The molecule has 2 unspecified atom stereocenters. The second kappa shape index (κ2) is 8.11. The topological polar surface area (TPSA) is 67.8 Å². The van der Waals surface area contributed by atoms with Gasteiger partial charge in [0.15, 0.2) is 0 Å². The number of ether oxygens (including phenoxy) is 2. The normalized spacial score (nSPS) is 26.8. The van der Waals surface area contributed by atoms with Crippen molar-refractivity contribution in [3.63, 3.8) is 0 Å². The quantitative estimate of drug-likeness (QED) is 0.674. The molecule has 1 aliphatic rings. The third kappa shape index (κ3) is 6.32. The first-order chi connectivity index (χ1) is 9.79. The molecular formula is C16H31NO4. The van der Waals surface area contributed by atoms with Gasteiger partial charge in [0.1, 0.15) is 5.54 Å². The summed E-state index contributed by atoms with van der Waals surface area (Å²) in [5, 5.41) is 12.8. The fraction of sp³-hybridized carbons (Fsp3) is 0.938. The average Bonchev–Trinajstić information content (AvgIpc) is 2.40. The van der Waals surface area contributed by atoms with Gasteiger partial charge >= 0.3 is 5.97 Å². The summed E-state index contributed by atoms with van der Waals surface area (Å²) in [6.45, 7) is 9.87. The average molecular weight is 301 g/mol. The Kier molecular flexibility index (Phi) is 7.10. The van der Waals surface area contributed by atoms with Crippen molar-refractivity contribution in [2.24, 2.45) is 0 Å². The summed E-state index contributed by atoms with van der Waals surface area (Å²) in [6.07, 6.45) is 3.97. The van der Waals surface area contributed by atoms with E-state index in [1.165, 1.54) is 0 Å². The molecule has 5 heteroatoms. The number of aliphatic carboxylic acids is 1. The zero-order valence-corrected chi connectivity index (χ0v) is 13.9. The van der Waals surface area contributed by atoms with Crippen LogP contribution < -0.4 is 5.32 Å². The van der Waals surface area contributed by atoms with Gasteiger partial charge in [-0.15, -0.1) is 0 Å². The van der Waals surface area contributed by atoms with Crippen LogP contribution in [0.4, 0.5) is 0 Å². The van der Waals surface area contributed by atoms with Gasteiger partial charge in [-0.05, 0) is 53.0 Å². The van der Waals surface area contributed by atoms with Crippen molar-refractivity contribution in [1.29, 1.82) is 0 Å². The second-order valence-corrected chi connectivity index (χ2v) is 6.86. The van der Waals surface area contributed by atoms with E-state index in [4.69, 9.17) is 9.47 Å². The molecule has 0 spiro atoms. The molecule has 0 bridgehead atoms. The Morgan fingerprint density at radius 3 is 2.67 bits per heavy atom. The molecule has 0 aromatic carbocycles. The highest BCUT2D eigenvalue weighted by atomic mass is 16.5. The number of rotatable bonds is 8. The molecule has 2 atom stereocenters. The largest absolute Gasteiger partial charge is 0.480 e. The van der Waals surface area contributed by atoms with Gasteiger partial charge in [-0.1, -0.05) is 6.92 Å². The van der Waals surface area contributed by atoms with Crippen LogP contribution in [0.25, 0.3) is 0 Å². The van der Waals surface area contributed by atoms with Crippen LogP contribution in [0.2, 0.25) is 0 Å². The van der Waals surface area contributed by atoms with Crippen LogP contribution in [0.3, 0.4) is 0 Å². The van der Waals surface area contributed by atoms with E-state index >= 15 is 0 Å². The van der Waals surface area contributed by atoms with Crippen molar-refractivity contribution in [2.45, 2.75) is 77.0 Å². The van der Waals surface area contributed by atoms with Crippen molar-refractivity contribution in [1.82, 2.24) is 5.32 Å². The zero-order chi connectivity index (χ0) is 15.9. The van der Waals surface area contributed by atoms with Crippen molar-refractivity contribution in [3.8, 4) is 0 Å². The van der Waals surface area contributed by atoms with E-state index in [0.29, 0.717) is 26.1 Å². The van der Waals surface area contributed by atoms with Crippen molar-refractivity contribution >= 4 is 5.97 Å². The lowest BCUT2D eigenvalue weighted by Gasteiger charge is -2.38. The fourth-order valence-electron chi connectivity index (χ4n) is 2.72. The van der Waals surface area contributed by atoms with E-state index in [-0.39, 0.29) is 11.7 Å². The van der Waals surface area contributed by atoms with Crippen LogP contribution >= 0.6 is 0 Å². The maximum atomic E-state index is 11.6. The molecule has 0 saturated heterocycles. The first-order valence-electron chi connectivity index (χ1n) is 8.03. The molecule has 0 aromatic rings. The maximum Gasteiger partial charge on any atom is 0.323 e. The van der Waals surface area contributed by atoms with Crippen LogP contribution in [0.1, 0.15) is 59.8 Å². The number of nitrogens with one attached hydrogen (secondary N) is 1. The highest BCUT2D eigenvalue weighted by Crippen LogP contribution is 2.30. The molecule has 5 nitrogen and oxygen atoms in total. The van der Waals surface area contributed by atoms with E-state index in [1.54, 1.807) is 0 Å². The summed E-state index contributed by atoms with van der Waals surface area (Å²) in [4.78, 5) is 11.6. The summed E-state index contributed by atoms with van der Waals surface area (Å²) in [5.74, 6) is -0.754. The number of carboxylic acid groups (broad SMARTS) is 1. The van der Waals surface area contributed by atoms with Crippen molar-refractivity contribution < 1.29 is 19.4 Å². The smallest absolute Gasteiger partial charge is 0.323 e. The lowest BCUT2D eigenvalue weighted by Crippen LogP contribution is -2.56. The predicted octanol–water partition coefficient (Wildman–Crippen LogP) is 2.58. The molecule has 0 aromatic heterocycles. The number of hydrogen-bond acceptors (Lipinski definition) is 4. The van der Waals surface area contributed by atoms with Crippen LogP contribution in [-0.2, 0) is 14.3 Å². The van der Waals surface area contributed by atoms with E-state index in [1.807, 2.05) is 27.7 Å². The minimum Gasteiger partial charge on any atom is -0.480 e. The highest BCUT2D eigenvalue weighted by Gasteiger charge is 2.42. The fourth-order valence-corrected chi connectivity index (χ4v) is 2.72. The van der Waals surface area contributed by atoms with Crippen LogP contribution in [0.5, 0.6) is 0 Å². The first kappa shape index (κ1) is 18.4. The first-order valence-corrected chi connectivity index (χ1v) is 8.03. The van der Waals surface area contributed by atoms with Crippen LogP contribution in [-0.4, -0.2) is 48.1 Å². The summed E-state index contributed by atoms with van der Waals surface area (Å²) >= 11 is 0. The van der Waals surface area contributed by atoms with Gasteiger partial charge in [-0.3, -0.25) is 4.79 Å². The van der Waals surface area contributed by atoms with E-state index in [0.717, 1.165) is 25.8 Å². The van der Waals surface area contributed by atoms with Crippen LogP contribution in [0, 0.1) is 0 Å². The molecule has 1 rings (SSSR count). The second-order valence-electron chi connectivity index (χ2n) is 6.86. The Hall–Kier alpha value is -0.650. The molecule has 1 saturated carbocycles. The summed E-state index contributed by atoms with van der Waals surface area (Å²) < 4.78 is 11.5. The van der Waals surface area contributed by atoms with E-state index in [9.17, 15) is 9.90 Å². The van der Waals surface area contributed by atoms with Gasteiger partial charge in [0.05, 0.1) is 24.9 Å². The standard InChI is InChI=1S/C16H31NO4/c1-5-9-17-16(14(18)19)8-6-7-13(12-16)20-10-11-21-15(2,3)4/h13,17H,5-12H2,1-4H3,(H,18,19). The number of hydrogen-bond donors (Lipinski definition) is 2. The molecular weight excluding hydrogens is 270 g/mol. The lowest BCUT2D eigenvalue weighted by atomic mass is 9.80. The molecule has 0 heterocycles. The Morgan fingerprint density at radius 1 is 1.38 bits per heavy atom. The Balaban J connectivity index is 2.44. The minimum absolute atomic E-state index is 0.00257. The SMILES string of the molecule is CCCNC1(C(=O)O)CCCC(OCCOC(C)(C)C)C1. The predicted molar refractivity (Wildman–Crippen MR) is 82.6 cm³/mol. The molecule has 0 aliphatic heterocycles. The highest BCUT2D eigenvalue weighted by molar-refractivity contribution is 5.79. The molecule has 0 radical (unpaired) electrons. The maximum absolute atomic E-state index is 11.6. The van der Waals surface area contributed by atoms with Gasteiger partial charge in [0.25, 0.3) is 0 Å². The lowest BCUT2D eigenvalue weighted by molar-refractivity contribution is -0.149. The molecule has 1 fully saturated rings. The van der Waals surface area contributed by atoms with Gasteiger partial charge in [0.2, 0.25) is 0 Å². The Morgan fingerprint density at radius 2 is 2.10 bits per heavy atom. The summed E-state index contributed by atoms with van der Waals surface area (Å²) in [6, 6.07) is 0. The van der Waals surface area contributed by atoms with Crippen molar-refractivity contribution in [2.75, 3.05) is 19.8 Å². The Labute approximate surface area is 128 Å². The Bertz CT molecular complexity index is 327. The summed E-state index contributed by atoms with van der Waals surface area (Å²) in [5.41, 5.74) is -0.979.